The highest BCUT2D eigenvalue weighted by molar-refractivity contribution is 9.10. The van der Waals surface area contributed by atoms with E-state index in [-0.39, 0.29) is 0 Å². The summed E-state index contributed by atoms with van der Waals surface area (Å²) < 4.78 is 11.8. The lowest BCUT2D eigenvalue weighted by molar-refractivity contribution is 0.311. The smallest absolute Gasteiger partial charge is 0.133 e. The molecule has 0 amide bonds. The van der Waals surface area contributed by atoms with E-state index in [0.717, 1.165) is 29.1 Å². The molecule has 0 atom stereocenters. The van der Waals surface area contributed by atoms with E-state index in [1.54, 1.807) is 18.4 Å². The number of ether oxygens (including phenoxy) is 2. The largest absolute Gasteiger partial charge is 0.497 e. The Labute approximate surface area is 132 Å². The standard InChI is InChI=1S/C15H18BrNO2S/c1-11-5-8-20-15(11)10-17-6-7-19-14-4-3-12(18-2)9-13(14)16/h3-5,8-9,17H,6-7,10H2,1-2H3. The van der Waals surface area contributed by atoms with Crippen molar-refractivity contribution >= 4 is 27.3 Å². The topological polar surface area (TPSA) is 30.5 Å². The minimum Gasteiger partial charge on any atom is -0.497 e. The maximum Gasteiger partial charge on any atom is 0.133 e. The number of aryl methyl sites for hydroxylation is 1. The van der Waals surface area contributed by atoms with E-state index in [0.29, 0.717) is 6.61 Å². The molecule has 1 N–H and O–H groups in total. The molecular weight excluding hydrogens is 338 g/mol. The second-order valence-corrected chi connectivity index (χ2v) is 6.20. The summed E-state index contributed by atoms with van der Waals surface area (Å²) in [6.07, 6.45) is 0. The van der Waals surface area contributed by atoms with Crippen molar-refractivity contribution in [3.05, 3.63) is 44.6 Å². The third-order valence-corrected chi connectivity index (χ3v) is 4.57. The van der Waals surface area contributed by atoms with Crippen molar-refractivity contribution in [2.24, 2.45) is 0 Å². The molecule has 0 saturated carbocycles. The molecule has 108 valence electrons. The quantitative estimate of drug-likeness (QED) is 0.761. The first kappa shape index (κ1) is 15.4. The van der Waals surface area contributed by atoms with Crippen LogP contribution in [0.4, 0.5) is 0 Å². The number of benzene rings is 1. The lowest BCUT2D eigenvalue weighted by Gasteiger charge is -2.10. The van der Waals surface area contributed by atoms with Gasteiger partial charge in [-0.25, -0.2) is 0 Å². The van der Waals surface area contributed by atoms with E-state index in [4.69, 9.17) is 9.47 Å². The van der Waals surface area contributed by atoms with Crippen molar-refractivity contribution in [2.75, 3.05) is 20.3 Å². The Balaban J connectivity index is 1.72. The molecule has 1 heterocycles. The molecule has 5 heteroatoms. The van der Waals surface area contributed by atoms with Gasteiger partial charge >= 0.3 is 0 Å². The van der Waals surface area contributed by atoms with Gasteiger partial charge in [0, 0.05) is 18.0 Å². The summed E-state index contributed by atoms with van der Waals surface area (Å²) in [5.74, 6) is 1.65. The number of hydrogen-bond donors (Lipinski definition) is 1. The van der Waals surface area contributed by atoms with Crippen molar-refractivity contribution in [1.29, 1.82) is 0 Å². The molecule has 0 radical (unpaired) electrons. The summed E-state index contributed by atoms with van der Waals surface area (Å²) in [6.45, 7) is 4.49. The molecule has 0 aliphatic carbocycles. The van der Waals surface area contributed by atoms with Gasteiger partial charge in [0.25, 0.3) is 0 Å². The highest BCUT2D eigenvalue weighted by atomic mass is 79.9. The summed E-state index contributed by atoms with van der Waals surface area (Å²) >= 11 is 5.26. The minimum absolute atomic E-state index is 0.634. The molecule has 2 rings (SSSR count). The maximum atomic E-state index is 5.72. The van der Waals surface area contributed by atoms with E-state index in [1.165, 1.54) is 10.4 Å². The first-order chi connectivity index (χ1) is 9.70. The molecule has 0 aliphatic rings. The van der Waals surface area contributed by atoms with E-state index in [1.807, 2.05) is 18.2 Å². The van der Waals surface area contributed by atoms with Crippen LogP contribution in [0, 0.1) is 6.92 Å². The Morgan fingerprint density at radius 1 is 1.30 bits per heavy atom. The number of hydrogen-bond acceptors (Lipinski definition) is 4. The van der Waals surface area contributed by atoms with Crippen molar-refractivity contribution < 1.29 is 9.47 Å². The number of rotatable bonds is 7. The monoisotopic (exact) mass is 355 g/mol. The van der Waals surface area contributed by atoms with Gasteiger partial charge in [-0.1, -0.05) is 0 Å². The van der Waals surface area contributed by atoms with Gasteiger partial charge in [-0.05, 0) is 58.1 Å². The summed E-state index contributed by atoms with van der Waals surface area (Å²) in [6, 6.07) is 7.85. The highest BCUT2D eigenvalue weighted by Gasteiger charge is 2.03. The van der Waals surface area contributed by atoms with Gasteiger partial charge in [0.15, 0.2) is 0 Å². The van der Waals surface area contributed by atoms with Crippen molar-refractivity contribution in [3.63, 3.8) is 0 Å². The Hall–Kier alpha value is -1.04. The average Bonchev–Trinajstić information content (AvgIpc) is 2.85. The maximum absolute atomic E-state index is 5.72. The van der Waals surface area contributed by atoms with Crippen LogP contribution in [-0.4, -0.2) is 20.3 Å². The number of methoxy groups -OCH3 is 1. The molecule has 0 aliphatic heterocycles. The van der Waals surface area contributed by atoms with Gasteiger partial charge < -0.3 is 14.8 Å². The Bertz CT molecular complexity index is 557. The fourth-order valence-electron chi connectivity index (χ4n) is 1.75. The van der Waals surface area contributed by atoms with Crippen LogP contribution in [0.5, 0.6) is 11.5 Å². The van der Waals surface area contributed by atoms with Gasteiger partial charge in [0.1, 0.15) is 18.1 Å². The normalized spacial score (nSPS) is 10.6. The predicted molar refractivity (Wildman–Crippen MR) is 87.0 cm³/mol. The van der Waals surface area contributed by atoms with E-state index in [9.17, 15) is 0 Å². The van der Waals surface area contributed by atoms with Gasteiger partial charge in [-0.15, -0.1) is 11.3 Å². The predicted octanol–water partition coefficient (Wildman–Crippen LogP) is 4.00. The van der Waals surface area contributed by atoms with Crippen LogP contribution in [0.1, 0.15) is 10.4 Å². The zero-order chi connectivity index (χ0) is 14.4. The Morgan fingerprint density at radius 2 is 2.15 bits per heavy atom. The third kappa shape index (κ3) is 4.23. The van der Waals surface area contributed by atoms with Crippen LogP contribution in [-0.2, 0) is 6.54 Å². The first-order valence-electron chi connectivity index (χ1n) is 6.40. The van der Waals surface area contributed by atoms with Crippen LogP contribution in [0.2, 0.25) is 0 Å². The van der Waals surface area contributed by atoms with Crippen LogP contribution in [0.25, 0.3) is 0 Å². The van der Waals surface area contributed by atoms with Crippen LogP contribution >= 0.6 is 27.3 Å². The highest BCUT2D eigenvalue weighted by Crippen LogP contribution is 2.28. The third-order valence-electron chi connectivity index (χ3n) is 2.93. The van der Waals surface area contributed by atoms with Gasteiger partial charge in [-0.2, -0.15) is 0 Å². The molecule has 3 nitrogen and oxygen atoms in total. The summed E-state index contributed by atoms with van der Waals surface area (Å²) in [4.78, 5) is 1.38. The van der Waals surface area contributed by atoms with Crippen molar-refractivity contribution in [2.45, 2.75) is 13.5 Å². The fraction of sp³-hybridized carbons (Fsp3) is 0.333. The molecule has 1 aromatic heterocycles. The molecule has 0 unspecified atom stereocenters. The Morgan fingerprint density at radius 3 is 2.80 bits per heavy atom. The van der Waals surface area contributed by atoms with Crippen LogP contribution in [0.15, 0.2) is 34.1 Å². The van der Waals surface area contributed by atoms with Crippen LogP contribution in [0.3, 0.4) is 0 Å². The molecule has 0 bridgehead atoms. The fourth-order valence-corrected chi connectivity index (χ4v) is 3.09. The lowest BCUT2D eigenvalue weighted by Crippen LogP contribution is -2.20. The molecule has 1 aromatic carbocycles. The molecule has 2 aromatic rings. The van der Waals surface area contributed by atoms with Crippen LogP contribution < -0.4 is 14.8 Å². The molecule has 0 saturated heterocycles. The number of nitrogens with one attached hydrogen (secondary N) is 1. The number of halogens is 1. The average molecular weight is 356 g/mol. The van der Waals surface area contributed by atoms with Gasteiger partial charge in [-0.3, -0.25) is 0 Å². The minimum atomic E-state index is 0.634. The zero-order valence-electron chi connectivity index (χ0n) is 11.6. The van der Waals surface area contributed by atoms with Crippen molar-refractivity contribution in [3.8, 4) is 11.5 Å². The second-order valence-electron chi connectivity index (χ2n) is 4.35. The van der Waals surface area contributed by atoms with E-state index in [2.05, 4.69) is 39.6 Å². The van der Waals surface area contributed by atoms with Crippen molar-refractivity contribution in [1.82, 2.24) is 5.32 Å². The molecule has 20 heavy (non-hydrogen) atoms. The van der Waals surface area contributed by atoms with E-state index < -0.39 is 0 Å². The first-order valence-corrected chi connectivity index (χ1v) is 8.08. The van der Waals surface area contributed by atoms with E-state index >= 15 is 0 Å². The summed E-state index contributed by atoms with van der Waals surface area (Å²) in [7, 11) is 1.65. The second kappa shape index (κ2) is 7.67. The van der Waals surface area contributed by atoms with Gasteiger partial charge in [0.05, 0.1) is 11.6 Å². The zero-order valence-corrected chi connectivity index (χ0v) is 14.0. The van der Waals surface area contributed by atoms with Gasteiger partial charge in [0.2, 0.25) is 0 Å². The Kier molecular flexibility index (Phi) is 5.88. The molecule has 0 fully saturated rings. The lowest BCUT2D eigenvalue weighted by atomic mass is 10.3. The SMILES string of the molecule is COc1ccc(OCCNCc2sccc2C)c(Br)c1. The summed E-state index contributed by atoms with van der Waals surface area (Å²) in [5.41, 5.74) is 1.35. The molecular formula is C15H18BrNO2S. The number of thiophene rings is 1. The molecule has 0 spiro atoms. The summed E-state index contributed by atoms with van der Waals surface area (Å²) in [5, 5.41) is 5.51.